The Hall–Kier alpha value is -3.52. The predicted molar refractivity (Wildman–Crippen MR) is 159 cm³/mol. The number of fused-ring (bicyclic) bond motifs is 1. The average Bonchev–Trinajstić information content (AvgIpc) is 3.23. The minimum atomic E-state index is -0.140. The summed E-state index contributed by atoms with van der Waals surface area (Å²) in [5, 5.41) is 10.1. The van der Waals surface area contributed by atoms with Crippen LogP contribution in [0.2, 0.25) is 0 Å². The second kappa shape index (κ2) is 18.7. The lowest BCUT2D eigenvalue weighted by Gasteiger charge is -2.22. The van der Waals surface area contributed by atoms with Gasteiger partial charge in [0.05, 0.1) is 6.54 Å². The van der Waals surface area contributed by atoms with E-state index in [1.165, 1.54) is 23.1 Å². The van der Waals surface area contributed by atoms with E-state index in [-0.39, 0.29) is 5.56 Å². The van der Waals surface area contributed by atoms with E-state index >= 15 is 0 Å². The molecule has 1 aliphatic heterocycles. The number of aromatic nitrogens is 4. The Labute approximate surface area is 222 Å². The van der Waals surface area contributed by atoms with Crippen molar-refractivity contribution in [1.29, 1.82) is 0 Å². The Morgan fingerprint density at radius 1 is 1.19 bits per heavy atom. The number of nitrogens with zero attached hydrogens (tertiary/aromatic N) is 4. The number of hydrogen-bond donors (Lipinski definition) is 3. The summed E-state index contributed by atoms with van der Waals surface area (Å²) in [6, 6.07) is 8.42. The predicted octanol–water partition coefficient (Wildman–Crippen LogP) is 5.91. The summed E-state index contributed by atoms with van der Waals surface area (Å²) < 4.78 is 1.46. The molecule has 1 fully saturated rings. The lowest BCUT2D eigenvalue weighted by atomic mass is 9.91. The summed E-state index contributed by atoms with van der Waals surface area (Å²) in [5.74, 6) is 1.23. The third kappa shape index (κ3) is 11.0. The molecule has 0 atom stereocenters. The van der Waals surface area contributed by atoms with Crippen LogP contribution in [0.5, 0.6) is 0 Å². The Bertz CT molecular complexity index is 1120. The van der Waals surface area contributed by atoms with Crippen molar-refractivity contribution in [2.24, 2.45) is 10.9 Å². The topological polar surface area (TPSA) is 100.0 Å². The van der Waals surface area contributed by atoms with Gasteiger partial charge in [0.25, 0.3) is 5.56 Å². The molecule has 0 unspecified atom stereocenters. The highest BCUT2D eigenvalue weighted by Gasteiger charge is 2.13. The van der Waals surface area contributed by atoms with Crippen LogP contribution in [0.25, 0.3) is 11.0 Å². The van der Waals surface area contributed by atoms with Crippen molar-refractivity contribution in [1.82, 2.24) is 25.1 Å². The molecule has 0 spiro atoms. The number of piperidine rings is 1. The zero-order chi connectivity index (χ0) is 27.5. The van der Waals surface area contributed by atoms with Crippen LogP contribution in [0.15, 0.2) is 65.6 Å². The van der Waals surface area contributed by atoms with Crippen molar-refractivity contribution in [3.05, 3.63) is 71.7 Å². The molecule has 4 rings (SSSR count). The summed E-state index contributed by atoms with van der Waals surface area (Å²) in [6.45, 7) is 17.6. The fourth-order valence-corrected chi connectivity index (χ4v) is 3.72. The summed E-state index contributed by atoms with van der Waals surface area (Å²) in [4.78, 5) is 24.6. The number of nitrogens with one attached hydrogen (secondary N) is 3. The van der Waals surface area contributed by atoms with Crippen molar-refractivity contribution >= 4 is 28.9 Å². The first-order valence-electron chi connectivity index (χ1n) is 13.2. The third-order valence-corrected chi connectivity index (χ3v) is 5.38. The number of aromatic amines is 1. The van der Waals surface area contributed by atoms with Crippen LogP contribution in [0.1, 0.15) is 52.5 Å². The molecule has 1 saturated heterocycles. The number of H-pyrrole nitrogens is 1. The van der Waals surface area contributed by atoms with Crippen LogP contribution < -0.4 is 16.2 Å². The van der Waals surface area contributed by atoms with Crippen molar-refractivity contribution in [3.8, 4) is 0 Å². The van der Waals surface area contributed by atoms with Crippen LogP contribution in [0, 0.1) is 5.92 Å². The summed E-state index contributed by atoms with van der Waals surface area (Å²) >= 11 is 0. The fraction of sp³-hybridized carbons (Fsp3) is 0.448. The van der Waals surface area contributed by atoms with Gasteiger partial charge in [0.1, 0.15) is 5.39 Å². The van der Waals surface area contributed by atoms with Crippen LogP contribution in [-0.4, -0.2) is 46.1 Å². The summed E-state index contributed by atoms with van der Waals surface area (Å²) in [6.07, 6.45) is 11.5. The smallest absolute Gasteiger partial charge is 0.277 e. The van der Waals surface area contributed by atoms with E-state index in [0.29, 0.717) is 23.5 Å². The number of allylic oxidation sites excluding steroid dienone is 2. The number of aliphatic imine (C=N–C) groups is 1. The second-order valence-corrected chi connectivity index (χ2v) is 8.25. The quantitative estimate of drug-likeness (QED) is 0.273. The van der Waals surface area contributed by atoms with Crippen LogP contribution in [-0.2, 0) is 13.0 Å². The molecular weight excluding hydrogens is 462 g/mol. The van der Waals surface area contributed by atoms with Gasteiger partial charge in [0, 0.05) is 18.9 Å². The van der Waals surface area contributed by atoms with Gasteiger partial charge in [-0.2, -0.15) is 4.98 Å². The van der Waals surface area contributed by atoms with E-state index in [2.05, 4.69) is 75.0 Å². The number of rotatable bonds is 7. The number of benzene rings is 1. The molecule has 3 heterocycles. The highest BCUT2D eigenvalue weighted by atomic mass is 16.1. The van der Waals surface area contributed by atoms with Crippen LogP contribution in [0.3, 0.4) is 0 Å². The Balaban J connectivity index is 0.000000594. The standard InChI is InChI=1S/C20H24N6O.C4H9N.C3H6.C2H6/c1-2-11-26-19(27)17-13-22-20(24-18(17)25-26)23-16-5-3-14(4-6-16)12-15-7-9-21-10-8-15;1-3-4-5-2;1-3-2;1-2/h2-6,13,15,21H,1,7-12H2,(H2,22,23,24,25);4H,3H2,1-2H3;3H,1H2,2H3;1-2H3. The lowest BCUT2D eigenvalue weighted by molar-refractivity contribution is 0.372. The van der Waals surface area contributed by atoms with Gasteiger partial charge >= 0.3 is 0 Å². The molecule has 2 aromatic heterocycles. The third-order valence-electron chi connectivity index (χ3n) is 5.38. The average molecular weight is 508 g/mol. The van der Waals surface area contributed by atoms with E-state index in [0.717, 1.165) is 37.5 Å². The summed E-state index contributed by atoms with van der Waals surface area (Å²) in [5.41, 5.74) is 2.66. The molecule has 8 heteroatoms. The van der Waals surface area contributed by atoms with Gasteiger partial charge in [-0.15, -0.1) is 13.2 Å². The molecule has 37 heavy (non-hydrogen) atoms. The second-order valence-electron chi connectivity index (χ2n) is 8.25. The molecule has 3 aromatic rings. The zero-order valence-corrected chi connectivity index (χ0v) is 23.3. The first-order chi connectivity index (χ1) is 18.1. The number of hydrogen-bond acceptors (Lipinski definition) is 6. The molecule has 0 bridgehead atoms. The maximum atomic E-state index is 12.2. The van der Waals surface area contributed by atoms with Crippen LogP contribution in [0.4, 0.5) is 11.6 Å². The fourth-order valence-electron chi connectivity index (χ4n) is 3.72. The van der Waals surface area contributed by atoms with Gasteiger partial charge in [-0.25, -0.2) is 9.67 Å². The Morgan fingerprint density at radius 2 is 1.84 bits per heavy atom. The van der Waals surface area contributed by atoms with E-state index in [1.54, 1.807) is 25.4 Å². The van der Waals surface area contributed by atoms with Crippen molar-refractivity contribution in [3.63, 3.8) is 0 Å². The maximum Gasteiger partial charge on any atom is 0.277 e. The molecular formula is C29H45N7O. The zero-order valence-electron chi connectivity index (χ0n) is 23.3. The number of anilines is 2. The van der Waals surface area contributed by atoms with Gasteiger partial charge in [0.2, 0.25) is 5.95 Å². The highest BCUT2D eigenvalue weighted by Crippen LogP contribution is 2.20. The molecule has 202 valence electrons. The van der Waals surface area contributed by atoms with Gasteiger partial charge in [-0.05, 0) is 75.5 Å². The van der Waals surface area contributed by atoms with Gasteiger partial charge < -0.3 is 15.6 Å². The van der Waals surface area contributed by atoms with Crippen LogP contribution >= 0.6 is 0 Å². The molecule has 1 aromatic carbocycles. The molecule has 1 aliphatic rings. The van der Waals surface area contributed by atoms with E-state index in [4.69, 9.17) is 0 Å². The molecule has 0 saturated carbocycles. The van der Waals surface area contributed by atoms with Crippen molar-refractivity contribution in [2.75, 3.05) is 25.5 Å². The minimum Gasteiger partial charge on any atom is -0.324 e. The minimum absolute atomic E-state index is 0.140. The first kappa shape index (κ1) is 31.5. The first-order valence-corrected chi connectivity index (χ1v) is 13.2. The molecule has 8 nitrogen and oxygen atoms in total. The van der Waals surface area contributed by atoms with E-state index in [9.17, 15) is 4.79 Å². The summed E-state index contributed by atoms with van der Waals surface area (Å²) in [7, 11) is 1.78. The van der Waals surface area contributed by atoms with Crippen molar-refractivity contribution in [2.45, 2.75) is 59.9 Å². The van der Waals surface area contributed by atoms with E-state index < -0.39 is 0 Å². The monoisotopic (exact) mass is 507 g/mol. The maximum absolute atomic E-state index is 12.2. The normalized spacial score (nSPS) is 12.9. The lowest BCUT2D eigenvalue weighted by Crippen LogP contribution is -2.28. The molecule has 0 radical (unpaired) electrons. The SMILES string of the molecule is C=CC.C=CCn1[nH]c2nc(Nc3ccc(CC4CCNCC4)cc3)ncc2c1=O.CC.CCC=NC. The molecule has 3 N–H and O–H groups in total. The van der Waals surface area contributed by atoms with E-state index in [1.807, 2.05) is 27.0 Å². The Kier molecular flexibility index (Phi) is 15.9. The highest BCUT2D eigenvalue weighted by molar-refractivity contribution is 5.74. The molecule has 0 aliphatic carbocycles. The Morgan fingerprint density at radius 3 is 2.38 bits per heavy atom. The van der Waals surface area contributed by atoms with Gasteiger partial charge in [-0.1, -0.05) is 45.1 Å². The van der Waals surface area contributed by atoms with Gasteiger partial charge in [-0.3, -0.25) is 9.89 Å². The largest absolute Gasteiger partial charge is 0.324 e. The van der Waals surface area contributed by atoms with Gasteiger partial charge in [0.15, 0.2) is 5.65 Å². The van der Waals surface area contributed by atoms with Crippen molar-refractivity contribution < 1.29 is 0 Å². The molecule has 0 amide bonds.